The van der Waals surface area contributed by atoms with Gasteiger partial charge in [-0.15, -0.1) is 0 Å². The smallest absolute Gasteiger partial charge is 0.164 e. The lowest BCUT2D eigenvalue weighted by Gasteiger charge is -2.26. The number of nitrogens with zero attached hydrogens (tertiary/aromatic N) is 4. The van der Waals surface area contributed by atoms with Crippen LogP contribution in [0, 0.1) is 0 Å². The van der Waals surface area contributed by atoms with Crippen LogP contribution in [0.15, 0.2) is 235 Å². The van der Waals surface area contributed by atoms with Crippen molar-refractivity contribution in [1.82, 2.24) is 15.0 Å². The molecule has 0 N–H and O–H groups in total. The fraction of sp³-hybridized carbons (Fsp3) is 0. The molecule has 292 valence electrons. The van der Waals surface area contributed by atoms with E-state index in [9.17, 15) is 0 Å². The van der Waals surface area contributed by atoms with E-state index in [1.54, 1.807) is 0 Å². The molecule has 11 rings (SSSR count). The summed E-state index contributed by atoms with van der Waals surface area (Å²) in [6.07, 6.45) is 0. The van der Waals surface area contributed by atoms with Crippen molar-refractivity contribution in [2.75, 3.05) is 4.90 Å². The molecule has 2 aromatic heterocycles. The molecule has 0 fully saturated rings. The molecule has 62 heavy (non-hydrogen) atoms. The Labute approximate surface area is 359 Å². The number of anilines is 3. The average Bonchev–Trinajstić information content (AvgIpc) is 3.74. The molecule has 0 unspecified atom stereocenters. The third-order valence-electron chi connectivity index (χ3n) is 11.3. The van der Waals surface area contributed by atoms with Gasteiger partial charge in [-0.3, -0.25) is 0 Å². The van der Waals surface area contributed by atoms with Crippen LogP contribution in [0.25, 0.3) is 89.5 Å². The molecule has 5 nitrogen and oxygen atoms in total. The summed E-state index contributed by atoms with van der Waals surface area (Å²) in [4.78, 5) is 17.7. The van der Waals surface area contributed by atoms with Crippen LogP contribution in [-0.4, -0.2) is 15.0 Å². The summed E-state index contributed by atoms with van der Waals surface area (Å²) in [5, 5.41) is 1.97. The van der Waals surface area contributed by atoms with Crippen LogP contribution in [0.1, 0.15) is 0 Å². The van der Waals surface area contributed by atoms with E-state index in [1.165, 1.54) is 22.3 Å². The zero-order valence-electron chi connectivity index (χ0n) is 33.6. The van der Waals surface area contributed by atoms with Gasteiger partial charge in [0.15, 0.2) is 17.5 Å². The molecule has 0 spiro atoms. The molecule has 5 heteroatoms. The van der Waals surface area contributed by atoms with E-state index in [1.807, 2.05) is 78.9 Å². The van der Waals surface area contributed by atoms with Gasteiger partial charge in [-0.2, -0.15) is 0 Å². The standard InChI is InChI=1S/C57H38N4O/c1-5-16-39(17-6-1)41-28-32-47(33-29-41)61(48-34-30-42(31-35-48)40-18-7-2-8-19-40)49-25-15-24-45(36-49)46-37-51(54-50-26-13-14-27-52(50)62-53(54)38-46)57-59-55(43-20-9-3-10-21-43)58-56(60-57)44-22-11-4-12-23-44/h1-38H. The van der Waals surface area contributed by atoms with Crippen molar-refractivity contribution in [1.29, 1.82) is 0 Å². The predicted molar refractivity (Wildman–Crippen MR) is 254 cm³/mol. The van der Waals surface area contributed by atoms with Crippen LogP contribution in [0.4, 0.5) is 17.1 Å². The van der Waals surface area contributed by atoms with E-state index < -0.39 is 0 Å². The Bertz CT molecular complexity index is 3170. The van der Waals surface area contributed by atoms with Gasteiger partial charge in [0.05, 0.1) is 0 Å². The van der Waals surface area contributed by atoms with E-state index in [4.69, 9.17) is 19.4 Å². The highest BCUT2D eigenvalue weighted by molar-refractivity contribution is 6.13. The fourth-order valence-electron chi connectivity index (χ4n) is 8.27. The molecule has 0 radical (unpaired) electrons. The Morgan fingerprint density at radius 3 is 1.29 bits per heavy atom. The fourth-order valence-corrected chi connectivity index (χ4v) is 8.27. The molecule has 0 saturated carbocycles. The highest BCUT2D eigenvalue weighted by atomic mass is 16.3. The number of para-hydroxylation sites is 1. The Balaban J connectivity index is 1.08. The summed E-state index contributed by atoms with van der Waals surface area (Å²) < 4.78 is 6.64. The summed E-state index contributed by atoms with van der Waals surface area (Å²) in [5.74, 6) is 1.79. The second-order valence-corrected chi connectivity index (χ2v) is 15.2. The lowest BCUT2D eigenvalue weighted by atomic mass is 9.97. The van der Waals surface area contributed by atoms with Crippen LogP contribution in [0.5, 0.6) is 0 Å². The average molecular weight is 795 g/mol. The minimum Gasteiger partial charge on any atom is -0.456 e. The van der Waals surface area contributed by atoms with Crippen molar-refractivity contribution < 1.29 is 4.42 Å². The van der Waals surface area contributed by atoms with E-state index >= 15 is 0 Å². The van der Waals surface area contributed by atoms with Gasteiger partial charge in [-0.1, -0.05) is 176 Å². The van der Waals surface area contributed by atoms with Crippen LogP contribution in [0.3, 0.4) is 0 Å². The van der Waals surface area contributed by atoms with Crippen molar-refractivity contribution in [2.45, 2.75) is 0 Å². The van der Waals surface area contributed by atoms with E-state index in [2.05, 4.69) is 157 Å². The topological polar surface area (TPSA) is 55.1 Å². The summed E-state index contributed by atoms with van der Waals surface area (Å²) in [7, 11) is 0. The van der Waals surface area contributed by atoms with Crippen LogP contribution in [-0.2, 0) is 0 Å². The van der Waals surface area contributed by atoms with Gasteiger partial charge in [-0.25, -0.2) is 15.0 Å². The van der Waals surface area contributed by atoms with E-state index in [0.717, 1.165) is 66.8 Å². The van der Waals surface area contributed by atoms with Gasteiger partial charge in [0, 0.05) is 44.5 Å². The Morgan fingerprint density at radius 2 is 0.742 bits per heavy atom. The zero-order chi connectivity index (χ0) is 41.2. The highest BCUT2D eigenvalue weighted by Crippen LogP contribution is 2.42. The third-order valence-corrected chi connectivity index (χ3v) is 11.3. The lowest BCUT2D eigenvalue weighted by molar-refractivity contribution is 0.669. The SMILES string of the molecule is c1ccc(-c2ccc(N(c3ccc(-c4ccccc4)cc3)c3cccc(-c4cc(-c5nc(-c6ccccc6)nc(-c6ccccc6)n5)c5c(c4)oc4ccccc45)c3)cc2)cc1. The van der Waals surface area contributed by atoms with Gasteiger partial charge >= 0.3 is 0 Å². The molecule has 0 aliphatic carbocycles. The molecule has 0 aliphatic heterocycles. The Morgan fingerprint density at radius 1 is 0.290 bits per heavy atom. The molecule has 2 heterocycles. The minimum absolute atomic E-state index is 0.575. The van der Waals surface area contributed by atoms with Gasteiger partial charge in [0.2, 0.25) is 0 Å². The molecule has 0 bridgehead atoms. The van der Waals surface area contributed by atoms with Gasteiger partial charge in [0.25, 0.3) is 0 Å². The minimum atomic E-state index is 0.575. The maximum Gasteiger partial charge on any atom is 0.164 e. The van der Waals surface area contributed by atoms with Crippen LogP contribution >= 0.6 is 0 Å². The van der Waals surface area contributed by atoms with Crippen molar-refractivity contribution in [3.05, 3.63) is 231 Å². The number of hydrogen-bond acceptors (Lipinski definition) is 5. The monoisotopic (exact) mass is 794 g/mol. The molecular formula is C57H38N4O. The number of fused-ring (bicyclic) bond motifs is 3. The number of rotatable bonds is 9. The van der Waals surface area contributed by atoms with Crippen LogP contribution < -0.4 is 4.90 Å². The Hall–Kier alpha value is -8.41. The van der Waals surface area contributed by atoms with Crippen molar-refractivity contribution >= 4 is 39.0 Å². The summed E-state index contributed by atoms with van der Waals surface area (Å²) in [6.45, 7) is 0. The van der Waals surface area contributed by atoms with Crippen molar-refractivity contribution in [3.8, 4) is 67.5 Å². The quantitative estimate of drug-likeness (QED) is 0.146. The zero-order valence-corrected chi connectivity index (χ0v) is 33.6. The largest absolute Gasteiger partial charge is 0.456 e. The van der Waals surface area contributed by atoms with E-state index in [0.29, 0.717) is 17.5 Å². The Kier molecular flexibility index (Phi) is 9.45. The van der Waals surface area contributed by atoms with Crippen LogP contribution in [0.2, 0.25) is 0 Å². The number of hydrogen-bond donors (Lipinski definition) is 0. The number of furan rings is 1. The second-order valence-electron chi connectivity index (χ2n) is 15.2. The van der Waals surface area contributed by atoms with Gasteiger partial charge in [-0.05, 0) is 88.0 Å². The lowest BCUT2D eigenvalue weighted by Crippen LogP contribution is -2.10. The highest BCUT2D eigenvalue weighted by Gasteiger charge is 2.21. The molecule has 0 aliphatic rings. The molecule has 11 aromatic rings. The first-order valence-corrected chi connectivity index (χ1v) is 20.8. The predicted octanol–water partition coefficient (Wildman–Crippen LogP) is 15.2. The van der Waals surface area contributed by atoms with Gasteiger partial charge in [0.1, 0.15) is 11.2 Å². The molecule has 0 atom stereocenters. The first kappa shape index (κ1) is 36.7. The summed E-state index contributed by atoms with van der Waals surface area (Å²) in [5.41, 5.74) is 14.1. The summed E-state index contributed by atoms with van der Waals surface area (Å²) >= 11 is 0. The first-order chi connectivity index (χ1) is 30.7. The van der Waals surface area contributed by atoms with Gasteiger partial charge < -0.3 is 9.32 Å². The number of aromatic nitrogens is 3. The third kappa shape index (κ3) is 7.08. The van der Waals surface area contributed by atoms with Crippen molar-refractivity contribution in [3.63, 3.8) is 0 Å². The molecule has 0 amide bonds. The molecule has 0 saturated heterocycles. The first-order valence-electron chi connectivity index (χ1n) is 20.8. The molecular weight excluding hydrogens is 757 g/mol. The summed E-state index contributed by atoms with van der Waals surface area (Å²) in [6, 6.07) is 80.0. The molecule has 9 aromatic carbocycles. The maximum absolute atomic E-state index is 6.64. The normalized spacial score (nSPS) is 11.2. The van der Waals surface area contributed by atoms with Crippen molar-refractivity contribution in [2.24, 2.45) is 0 Å². The second kappa shape index (κ2) is 16.0. The van der Waals surface area contributed by atoms with E-state index in [-0.39, 0.29) is 0 Å². The maximum atomic E-state index is 6.64. The number of benzene rings is 9.